The van der Waals surface area contributed by atoms with Gasteiger partial charge in [-0.1, -0.05) is 153 Å². The van der Waals surface area contributed by atoms with Gasteiger partial charge in [-0.05, 0) is 70.6 Å². The van der Waals surface area contributed by atoms with Gasteiger partial charge in [-0.3, -0.25) is 9.35 Å². The molecule has 0 bridgehead atoms. The molecule has 1 saturated heterocycles. The van der Waals surface area contributed by atoms with Gasteiger partial charge in [0.05, 0.1) is 19.8 Å². The highest BCUT2D eigenvalue weighted by atomic mass is 32.3. The second kappa shape index (κ2) is 39.0. The zero-order valence-electron chi connectivity index (χ0n) is 37.5. The van der Waals surface area contributed by atoms with Crippen LogP contribution in [0, 0.1) is 0 Å². The van der Waals surface area contributed by atoms with Gasteiger partial charge in [-0.25, -0.2) is 4.18 Å². The number of hydrogen-bond donors (Lipinski definition) is 4. The summed E-state index contributed by atoms with van der Waals surface area (Å²) in [5.41, 5.74) is 0. The fourth-order valence-corrected chi connectivity index (χ4v) is 7.62. The van der Waals surface area contributed by atoms with Crippen LogP contribution in [0.4, 0.5) is 0 Å². The maximum absolute atomic E-state index is 12.9. The van der Waals surface area contributed by atoms with E-state index in [0.29, 0.717) is 13.0 Å². The third-order valence-corrected chi connectivity index (χ3v) is 11.2. The van der Waals surface area contributed by atoms with Crippen LogP contribution in [0.1, 0.15) is 194 Å². The SMILES string of the molecule is CCCCCC/C=C\C/C=C\CCCCCCCCCC(=O)OC(COCCCCCCCC/C=C\CCCCCCC)COC1OC(CO)C(O)C(OS(=O)(=O)O)C1O. The first-order chi connectivity index (χ1) is 29.1. The molecule has 352 valence electrons. The van der Waals surface area contributed by atoms with Crippen LogP contribution in [0.5, 0.6) is 0 Å². The predicted molar refractivity (Wildman–Crippen MR) is 239 cm³/mol. The first-order valence-electron chi connectivity index (χ1n) is 23.7. The topological polar surface area (TPSA) is 178 Å². The van der Waals surface area contributed by atoms with Crippen LogP contribution in [0.2, 0.25) is 0 Å². The van der Waals surface area contributed by atoms with Crippen LogP contribution in [0.3, 0.4) is 0 Å². The van der Waals surface area contributed by atoms with E-state index in [1.54, 1.807) is 0 Å². The highest BCUT2D eigenvalue weighted by Crippen LogP contribution is 2.26. The molecule has 0 aromatic carbocycles. The summed E-state index contributed by atoms with van der Waals surface area (Å²) < 4.78 is 59.1. The van der Waals surface area contributed by atoms with Gasteiger partial charge in [0.25, 0.3) is 0 Å². The second-order valence-electron chi connectivity index (χ2n) is 16.3. The highest BCUT2D eigenvalue weighted by molar-refractivity contribution is 7.80. The van der Waals surface area contributed by atoms with Gasteiger partial charge in [0, 0.05) is 13.0 Å². The van der Waals surface area contributed by atoms with Crippen LogP contribution in [-0.2, 0) is 38.3 Å². The first kappa shape index (κ1) is 56.3. The molecule has 0 spiro atoms. The molecular formula is C47H86O12S. The minimum absolute atomic E-state index is 0.0293. The lowest BCUT2D eigenvalue weighted by Gasteiger charge is -2.41. The van der Waals surface area contributed by atoms with E-state index in [0.717, 1.165) is 57.8 Å². The maximum Gasteiger partial charge on any atom is 0.397 e. The molecule has 1 aliphatic heterocycles. The molecule has 0 aliphatic carbocycles. The molecule has 0 amide bonds. The van der Waals surface area contributed by atoms with E-state index >= 15 is 0 Å². The summed E-state index contributed by atoms with van der Waals surface area (Å²) in [5.74, 6) is -0.409. The Bertz CT molecular complexity index is 1190. The van der Waals surface area contributed by atoms with Crippen LogP contribution in [-0.4, -0.2) is 97.5 Å². The van der Waals surface area contributed by atoms with Crippen molar-refractivity contribution in [2.45, 2.75) is 230 Å². The average molecular weight is 875 g/mol. The molecule has 0 aromatic heterocycles. The first-order valence-corrected chi connectivity index (χ1v) is 25.1. The van der Waals surface area contributed by atoms with Gasteiger partial charge >= 0.3 is 16.4 Å². The molecule has 0 saturated carbocycles. The largest absolute Gasteiger partial charge is 0.457 e. The summed E-state index contributed by atoms with van der Waals surface area (Å²) in [7, 11) is -5.06. The van der Waals surface area contributed by atoms with Crippen molar-refractivity contribution in [1.29, 1.82) is 0 Å². The number of hydrogen-bond acceptors (Lipinski definition) is 11. The molecule has 1 heterocycles. The lowest BCUT2D eigenvalue weighted by molar-refractivity contribution is -0.301. The second-order valence-corrected chi connectivity index (χ2v) is 17.4. The summed E-state index contributed by atoms with van der Waals surface area (Å²) in [6.07, 6.45) is 36.0. The maximum atomic E-state index is 12.9. The molecule has 4 N–H and O–H groups in total. The number of carbonyl (C=O) groups excluding carboxylic acids is 1. The van der Waals surface area contributed by atoms with Crippen molar-refractivity contribution in [2.24, 2.45) is 0 Å². The number of rotatable bonds is 41. The Kier molecular flexibility index (Phi) is 36.6. The standard InChI is InChI=1S/C47H86O12S/c1-3-5-7-9-11-13-15-17-19-20-21-22-24-26-28-30-32-34-36-43(49)57-41(40-56-47-45(51)46(59-60(52,53)54)44(50)42(38-48)58-47)39-55-37-35-33-31-29-27-25-23-18-16-14-12-10-8-6-4-2/h13,15-16,18-20,41-42,44-48,50-51H,3-12,14,17,21-40H2,1-2H3,(H,52,53,54)/b15-13-,18-16-,20-19-. The van der Waals surface area contributed by atoms with Crippen molar-refractivity contribution < 1.29 is 56.2 Å². The van der Waals surface area contributed by atoms with E-state index in [9.17, 15) is 28.5 Å². The van der Waals surface area contributed by atoms with Crippen LogP contribution >= 0.6 is 0 Å². The Balaban J connectivity index is 2.42. The summed E-state index contributed by atoms with van der Waals surface area (Å²) in [6, 6.07) is 0. The normalized spacial score (nSPS) is 20.5. The fraction of sp³-hybridized carbons (Fsp3) is 0.851. The van der Waals surface area contributed by atoms with Crippen molar-refractivity contribution in [1.82, 2.24) is 0 Å². The van der Waals surface area contributed by atoms with Crippen molar-refractivity contribution in [3.05, 3.63) is 36.5 Å². The molecule has 1 aliphatic rings. The lowest BCUT2D eigenvalue weighted by atomic mass is 9.99. The Morgan fingerprint density at radius 1 is 0.633 bits per heavy atom. The molecule has 1 fully saturated rings. The van der Waals surface area contributed by atoms with Crippen molar-refractivity contribution in [3.8, 4) is 0 Å². The van der Waals surface area contributed by atoms with Gasteiger partial charge in [0.15, 0.2) is 6.29 Å². The number of esters is 1. The minimum Gasteiger partial charge on any atom is -0.457 e. The van der Waals surface area contributed by atoms with Gasteiger partial charge in [0.2, 0.25) is 0 Å². The van der Waals surface area contributed by atoms with E-state index in [-0.39, 0.29) is 19.6 Å². The predicted octanol–water partition coefficient (Wildman–Crippen LogP) is 10.2. The van der Waals surface area contributed by atoms with E-state index < -0.39 is 59.8 Å². The van der Waals surface area contributed by atoms with E-state index in [1.807, 2.05) is 0 Å². The number of carbonyl (C=O) groups is 1. The van der Waals surface area contributed by atoms with E-state index in [4.69, 9.17) is 23.5 Å². The Hall–Kier alpha value is -1.68. The molecule has 6 atom stereocenters. The van der Waals surface area contributed by atoms with Gasteiger partial charge in [-0.15, -0.1) is 0 Å². The van der Waals surface area contributed by atoms with E-state index in [1.165, 1.54) is 109 Å². The molecule has 0 radical (unpaired) electrons. The quantitative estimate of drug-likeness (QED) is 0.0198. The molecular weight excluding hydrogens is 789 g/mol. The number of aliphatic hydroxyl groups excluding tert-OH is 3. The summed E-state index contributed by atoms with van der Waals surface area (Å²) >= 11 is 0. The average Bonchev–Trinajstić information content (AvgIpc) is 3.22. The molecule has 13 heteroatoms. The molecule has 6 unspecified atom stereocenters. The fourth-order valence-electron chi connectivity index (χ4n) is 7.11. The molecule has 12 nitrogen and oxygen atoms in total. The minimum atomic E-state index is -5.06. The smallest absolute Gasteiger partial charge is 0.397 e. The monoisotopic (exact) mass is 875 g/mol. The summed E-state index contributed by atoms with van der Waals surface area (Å²) in [5, 5.41) is 30.7. The third-order valence-electron chi connectivity index (χ3n) is 10.7. The van der Waals surface area contributed by atoms with Gasteiger partial charge in [-0.2, -0.15) is 8.42 Å². The number of aliphatic hydroxyl groups is 3. The summed E-state index contributed by atoms with van der Waals surface area (Å²) in [6.45, 7) is 3.95. The molecule has 60 heavy (non-hydrogen) atoms. The number of allylic oxidation sites excluding steroid dienone is 6. The van der Waals surface area contributed by atoms with Crippen molar-refractivity contribution in [2.75, 3.05) is 26.4 Å². The van der Waals surface area contributed by atoms with E-state index in [2.05, 4.69) is 54.5 Å². The van der Waals surface area contributed by atoms with Crippen LogP contribution in [0.15, 0.2) is 36.5 Å². The van der Waals surface area contributed by atoms with Gasteiger partial charge < -0.3 is 34.3 Å². The number of ether oxygens (including phenoxy) is 4. The van der Waals surface area contributed by atoms with Crippen LogP contribution < -0.4 is 0 Å². The third kappa shape index (κ3) is 32.1. The number of unbranched alkanes of at least 4 members (excludes halogenated alkanes) is 22. The van der Waals surface area contributed by atoms with Gasteiger partial charge in [0.1, 0.15) is 30.5 Å². The zero-order chi connectivity index (χ0) is 43.9. The van der Waals surface area contributed by atoms with Crippen molar-refractivity contribution >= 4 is 16.4 Å². The Labute approximate surface area is 364 Å². The molecule has 0 aromatic rings. The lowest BCUT2D eigenvalue weighted by Crippen LogP contribution is -2.60. The zero-order valence-corrected chi connectivity index (χ0v) is 38.3. The van der Waals surface area contributed by atoms with Crippen molar-refractivity contribution in [3.63, 3.8) is 0 Å². The highest BCUT2D eigenvalue weighted by Gasteiger charge is 2.48. The Morgan fingerprint density at radius 3 is 1.62 bits per heavy atom. The van der Waals surface area contributed by atoms with Crippen LogP contribution in [0.25, 0.3) is 0 Å². The Morgan fingerprint density at radius 2 is 1.10 bits per heavy atom. The molecule has 1 rings (SSSR count). The summed E-state index contributed by atoms with van der Waals surface area (Å²) in [4.78, 5) is 12.9.